The number of ether oxygens (including phenoxy) is 3. The fraction of sp³-hybridized carbons (Fsp3) is 0.882. The van der Waals surface area contributed by atoms with Gasteiger partial charge < -0.3 is 14.2 Å². The standard InChI is InChI=1S/C76H142O6/c1-4-7-10-13-16-19-22-25-27-29-31-33-34-35-36-37-38-39-40-41-42-44-45-47-49-51-54-57-60-63-66-69-75(78)81-72-73(71-80-74(77)68-65-62-59-56-53-24-21-18-15-12-9-6-3)82-76(79)70-67-64-61-58-55-52-50-48-46-43-32-30-28-26-23-20-17-14-11-8-5-2/h18,21-22,25,29,31,73H,4-17,19-20,23-24,26-28,30,32-72H2,1-3H3/b21-18-,25-22-,31-29-. The summed E-state index contributed by atoms with van der Waals surface area (Å²) in [7, 11) is 0. The highest BCUT2D eigenvalue weighted by atomic mass is 16.6. The lowest BCUT2D eigenvalue weighted by Gasteiger charge is -2.18. The van der Waals surface area contributed by atoms with Crippen LogP contribution in [0.3, 0.4) is 0 Å². The molecule has 82 heavy (non-hydrogen) atoms. The van der Waals surface area contributed by atoms with E-state index in [-0.39, 0.29) is 31.1 Å². The van der Waals surface area contributed by atoms with Crippen molar-refractivity contribution in [1.82, 2.24) is 0 Å². The van der Waals surface area contributed by atoms with Crippen molar-refractivity contribution in [3.8, 4) is 0 Å². The summed E-state index contributed by atoms with van der Waals surface area (Å²) in [6.45, 7) is 6.68. The zero-order valence-electron chi connectivity index (χ0n) is 55.5. The predicted molar refractivity (Wildman–Crippen MR) is 358 cm³/mol. The maximum absolute atomic E-state index is 12.9. The molecule has 0 radical (unpaired) electrons. The van der Waals surface area contributed by atoms with Crippen molar-refractivity contribution in [3.05, 3.63) is 36.5 Å². The van der Waals surface area contributed by atoms with Gasteiger partial charge in [0.2, 0.25) is 0 Å². The molecule has 0 aliphatic rings. The molecule has 0 amide bonds. The van der Waals surface area contributed by atoms with Crippen molar-refractivity contribution in [2.75, 3.05) is 13.2 Å². The van der Waals surface area contributed by atoms with Crippen LogP contribution < -0.4 is 0 Å². The van der Waals surface area contributed by atoms with E-state index in [0.29, 0.717) is 19.3 Å². The molecule has 0 aliphatic heterocycles. The Balaban J connectivity index is 4.13. The van der Waals surface area contributed by atoms with Crippen molar-refractivity contribution in [2.45, 2.75) is 419 Å². The fourth-order valence-corrected chi connectivity index (χ4v) is 11.3. The first-order valence-corrected chi connectivity index (χ1v) is 37.0. The maximum atomic E-state index is 12.9. The maximum Gasteiger partial charge on any atom is 0.306 e. The molecule has 0 aliphatic carbocycles. The van der Waals surface area contributed by atoms with Gasteiger partial charge >= 0.3 is 17.9 Å². The number of hydrogen-bond acceptors (Lipinski definition) is 6. The second-order valence-corrected chi connectivity index (χ2v) is 25.2. The molecule has 0 N–H and O–H groups in total. The summed E-state index contributed by atoms with van der Waals surface area (Å²) in [5, 5.41) is 0. The molecule has 0 aromatic rings. The molecule has 0 heterocycles. The Bertz CT molecular complexity index is 1370. The van der Waals surface area contributed by atoms with Gasteiger partial charge in [0.05, 0.1) is 0 Å². The van der Waals surface area contributed by atoms with Crippen molar-refractivity contribution >= 4 is 17.9 Å². The average molecular weight is 1150 g/mol. The molecule has 0 bridgehead atoms. The Kier molecular flexibility index (Phi) is 69.1. The Morgan fingerprint density at radius 3 is 0.707 bits per heavy atom. The Morgan fingerprint density at radius 2 is 0.439 bits per heavy atom. The van der Waals surface area contributed by atoms with Gasteiger partial charge in [0, 0.05) is 19.3 Å². The highest BCUT2D eigenvalue weighted by Gasteiger charge is 2.19. The van der Waals surface area contributed by atoms with Crippen LogP contribution in [0.25, 0.3) is 0 Å². The van der Waals surface area contributed by atoms with Crippen LogP contribution in [0.1, 0.15) is 412 Å². The van der Waals surface area contributed by atoms with Crippen LogP contribution >= 0.6 is 0 Å². The molecule has 0 aromatic heterocycles. The molecular formula is C76H142O6. The predicted octanol–water partition coefficient (Wildman–Crippen LogP) is 25.5. The third kappa shape index (κ3) is 68.4. The van der Waals surface area contributed by atoms with E-state index in [1.807, 2.05) is 0 Å². The van der Waals surface area contributed by atoms with Crippen molar-refractivity contribution < 1.29 is 28.6 Å². The third-order valence-corrected chi connectivity index (χ3v) is 16.9. The molecular weight excluding hydrogens is 1010 g/mol. The number of allylic oxidation sites excluding steroid dienone is 6. The molecule has 0 spiro atoms. The summed E-state index contributed by atoms with van der Waals surface area (Å²) >= 11 is 0. The number of carbonyl (C=O) groups is 3. The zero-order valence-corrected chi connectivity index (χ0v) is 55.5. The number of esters is 3. The molecule has 1 unspecified atom stereocenters. The number of unbranched alkanes of at least 4 members (excludes halogenated alkanes) is 52. The van der Waals surface area contributed by atoms with Crippen molar-refractivity contribution in [2.24, 2.45) is 0 Å². The molecule has 0 aromatic carbocycles. The first-order chi connectivity index (χ1) is 40.5. The minimum atomic E-state index is -0.772. The molecule has 6 nitrogen and oxygen atoms in total. The van der Waals surface area contributed by atoms with Gasteiger partial charge in [0.15, 0.2) is 6.10 Å². The number of hydrogen-bond donors (Lipinski definition) is 0. The van der Waals surface area contributed by atoms with Gasteiger partial charge in [-0.15, -0.1) is 0 Å². The van der Waals surface area contributed by atoms with Gasteiger partial charge in [-0.05, 0) is 77.0 Å². The monoisotopic (exact) mass is 1150 g/mol. The molecule has 0 fully saturated rings. The summed E-state index contributed by atoms with van der Waals surface area (Å²) in [5.74, 6) is -0.846. The highest BCUT2D eigenvalue weighted by molar-refractivity contribution is 5.71. The summed E-state index contributed by atoms with van der Waals surface area (Å²) in [6.07, 6.45) is 89.1. The molecule has 0 saturated heterocycles. The largest absolute Gasteiger partial charge is 0.462 e. The van der Waals surface area contributed by atoms with Gasteiger partial charge in [-0.2, -0.15) is 0 Å². The Labute approximate surface area is 512 Å². The molecule has 0 saturated carbocycles. The Morgan fingerprint density at radius 1 is 0.244 bits per heavy atom. The summed E-state index contributed by atoms with van der Waals surface area (Å²) < 4.78 is 17.0. The lowest BCUT2D eigenvalue weighted by molar-refractivity contribution is -0.167. The lowest BCUT2D eigenvalue weighted by atomic mass is 10.0. The third-order valence-electron chi connectivity index (χ3n) is 16.9. The number of carbonyl (C=O) groups excluding carboxylic acids is 3. The number of rotatable bonds is 69. The smallest absolute Gasteiger partial charge is 0.306 e. The quantitative estimate of drug-likeness (QED) is 0.0261. The van der Waals surface area contributed by atoms with Gasteiger partial charge in [-0.25, -0.2) is 0 Å². The van der Waals surface area contributed by atoms with Crippen LogP contribution in [0, 0.1) is 0 Å². The summed E-state index contributed by atoms with van der Waals surface area (Å²) in [4.78, 5) is 38.4. The van der Waals surface area contributed by atoms with Crippen molar-refractivity contribution in [1.29, 1.82) is 0 Å². The summed E-state index contributed by atoms with van der Waals surface area (Å²) in [5.41, 5.74) is 0. The van der Waals surface area contributed by atoms with Gasteiger partial charge in [0.1, 0.15) is 13.2 Å². The van der Waals surface area contributed by atoms with E-state index in [4.69, 9.17) is 14.2 Å². The van der Waals surface area contributed by atoms with E-state index in [1.54, 1.807) is 0 Å². The van der Waals surface area contributed by atoms with Gasteiger partial charge in [0.25, 0.3) is 0 Å². The van der Waals surface area contributed by atoms with Crippen LogP contribution in [0.4, 0.5) is 0 Å². The normalized spacial score (nSPS) is 12.2. The van der Waals surface area contributed by atoms with Crippen LogP contribution in [-0.2, 0) is 28.6 Å². The van der Waals surface area contributed by atoms with E-state index in [1.165, 1.54) is 302 Å². The first kappa shape index (κ1) is 79.6. The first-order valence-electron chi connectivity index (χ1n) is 37.0. The lowest BCUT2D eigenvalue weighted by Crippen LogP contribution is -2.30. The van der Waals surface area contributed by atoms with E-state index < -0.39 is 6.10 Å². The van der Waals surface area contributed by atoms with E-state index in [0.717, 1.165) is 70.6 Å². The fourth-order valence-electron chi connectivity index (χ4n) is 11.3. The van der Waals surface area contributed by atoms with Crippen LogP contribution in [-0.4, -0.2) is 37.2 Å². The molecule has 482 valence electrons. The van der Waals surface area contributed by atoms with E-state index in [9.17, 15) is 14.4 Å². The SMILES string of the molecule is CCCCC/C=C\CCCCCCCC(=O)OCC(COC(=O)CCCCCCCCCCCCCCCCCCCCC/C=C\C/C=C\CCCCCCC)OC(=O)CCCCCCCCCCCCCCCCCCCCCCC. The van der Waals surface area contributed by atoms with Crippen molar-refractivity contribution in [3.63, 3.8) is 0 Å². The highest BCUT2D eigenvalue weighted by Crippen LogP contribution is 2.19. The Hall–Kier alpha value is -2.37. The van der Waals surface area contributed by atoms with Gasteiger partial charge in [-0.3, -0.25) is 14.4 Å². The minimum Gasteiger partial charge on any atom is -0.462 e. The van der Waals surface area contributed by atoms with Crippen LogP contribution in [0.15, 0.2) is 36.5 Å². The molecule has 0 rings (SSSR count). The second-order valence-electron chi connectivity index (χ2n) is 25.2. The average Bonchev–Trinajstić information content (AvgIpc) is 3.47. The van der Waals surface area contributed by atoms with Crippen LogP contribution in [0.2, 0.25) is 0 Å². The minimum absolute atomic E-state index is 0.0684. The van der Waals surface area contributed by atoms with Crippen LogP contribution in [0.5, 0.6) is 0 Å². The zero-order chi connectivity index (χ0) is 59.2. The second kappa shape index (κ2) is 71.1. The molecule has 6 heteroatoms. The van der Waals surface area contributed by atoms with E-state index in [2.05, 4.69) is 57.2 Å². The summed E-state index contributed by atoms with van der Waals surface area (Å²) in [6, 6.07) is 0. The van der Waals surface area contributed by atoms with E-state index >= 15 is 0 Å². The van der Waals surface area contributed by atoms with Gasteiger partial charge in [-0.1, -0.05) is 353 Å². The molecule has 1 atom stereocenters. The topological polar surface area (TPSA) is 78.9 Å².